The highest BCUT2D eigenvalue weighted by Crippen LogP contribution is 2.29. The lowest BCUT2D eigenvalue weighted by Crippen LogP contribution is -2.45. The van der Waals surface area contributed by atoms with Crippen LogP contribution in [0.25, 0.3) is 0 Å². The lowest BCUT2D eigenvalue weighted by atomic mass is 10.1. The standard InChI is InChI=1S/C13H24N2O2/c1-10(2)7-8-15(11(3)16)13(17)14(4)9-12-5-6-12/h10,12H,5-9H2,1-4H3. The lowest BCUT2D eigenvalue weighted by molar-refractivity contribution is -0.126. The zero-order valence-corrected chi connectivity index (χ0v) is 11.4. The summed E-state index contributed by atoms with van der Waals surface area (Å²) in [6, 6.07) is -0.148. The number of hydrogen-bond donors (Lipinski definition) is 0. The topological polar surface area (TPSA) is 40.6 Å². The van der Waals surface area contributed by atoms with E-state index in [4.69, 9.17) is 0 Å². The van der Waals surface area contributed by atoms with E-state index in [-0.39, 0.29) is 11.9 Å². The first kappa shape index (κ1) is 14.0. The molecule has 0 aliphatic heterocycles. The summed E-state index contributed by atoms with van der Waals surface area (Å²) in [6.07, 6.45) is 3.29. The van der Waals surface area contributed by atoms with Crippen LogP contribution in [0.2, 0.25) is 0 Å². The van der Waals surface area contributed by atoms with Gasteiger partial charge in [0.2, 0.25) is 5.91 Å². The Hall–Kier alpha value is -1.06. The molecule has 0 bridgehead atoms. The molecule has 0 N–H and O–H groups in total. The second kappa shape index (κ2) is 6.03. The third-order valence-electron chi connectivity index (χ3n) is 3.10. The number of carbonyl (C=O) groups is 2. The average molecular weight is 240 g/mol. The molecule has 1 saturated carbocycles. The predicted molar refractivity (Wildman–Crippen MR) is 67.6 cm³/mol. The average Bonchev–Trinajstić information content (AvgIpc) is 3.00. The van der Waals surface area contributed by atoms with Crippen molar-refractivity contribution < 1.29 is 9.59 Å². The van der Waals surface area contributed by atoms with Gasteiger partial charge in [-0.1, -0.05) is 13.8 Å². The number of rotatable bonds is 5. The first-order chi connectivity index (χ1) is 7.91. The van der Waals surface area contributed by atoms with Gasteiger partial charge in [0.05, 0.1) is 0 Å². The second-order valence-corrected chi connectivity index (χ2v) is 5.46. The number of imide groups is 1. The summed E-state index contributed by atoms with van der Waals surface area (Å²) in [5.74, 6) is 1.000. The van der Waals surface area contributed by atoms with Gasteiger partial charge in [-0.05, 0) is 31.1 Å². The molecule has 1 aliphatic rings. The fourth-order valence-electron chi connectivity index (χ4n) is 1.75. The molecule has 0 unspecified atom stereocenters. The van der Waals surface area contributed by atoms with Crippen LogP contribution in [0.4, 0.5) is 4.79 Å². The SMILES string of the molecule is CC(=O)N(CCC(C)C)C(=O)N(C)CC1CC1. The summed E-state index contributed by atoms with van der Waals surface area (Å²) >= 11 is 0. The van der Waals surface area contributed by atoms with Crippen molar-refractivity contribution in [3.63, 3.8) is 0 Å². The quantitative estimate of drug-likeness (QED) is 0.740. The highest BCUT2D eigenvalue weighted by molar-refractivity contribution is 5.93. The summed E-state index contributed by atoms with van der Waals surface area (Å²) in [7, 11) is 1.78. The van der Waals surface area contributed by atoms with Crippen LogP contribution >= 0.6 is 0 Å². The second-order valence-electron chi connectivity index (χ2n) is 5.46. The Morgan fingerprint density at radius 1 is 1.29 bits per heavy atom. The molecule has 0 heterocycles. The van der Waals surface area contributed by atoms with Crippen LogP contribution in [0.5, 0.6) is 0 Å². The summed E-state index contributed by atoms with van der Waals surface area (Å²) in [6.45, 7) is 6.96. The predicted octanol–water partition coefficient (Wildman–Crippen LogP) is 2.34. The molecule has 1 fully saturated rings. The van der Waals surface area contributed by atoms with E-state index in [1.165, 1.54) is 24.7 Å². The van der Waals surface area contributed by atoms with Crippen molar-refractivity contribution in [2.75, 3.05) is 20.1 Å². The largest absolute Gasteiger partial charge is 0.327 e. The molecule has 0 radical (unpaired) electrons. The zero-order valence-electron chi connectivity index (χ0n) is 11.4. The van der Waals surface area contributed by atoms with Crippen LogP contribution in [0.3, 0.4) is 0 Å². The third kappa shape index (κ3) is 4.75. The Balaban J connectivity index is 2.49. The molecular weight excluding hydrogens is 216 g/mol. The summed E-state index contributed by atoms with van der Waals surface area (Å²) in [4.78, 5) is 26.6. The van der Waals surface area contributed by atoms with Gasteiger partial charge in [-0.25, -0.2) is 4.79 Å². The Labute approximate surface area is 104 Å². The Morgan fingerprint density at radius 3 is 2.29 bits per heavy atom. The minimum absolute atomic E-state index is 0.148. The van der Waals surface area contributed by atoms with Crippen molar-refractivity contribution in [3.8, 4) is 0 Å². The van der Waals surface area contributed by atoms with Crippen LogP contribution < -0.4 is 0 Å². The van der Waals surface area contributed by atoms with Gasteiger partial charge in [0, 0.05) is 27.1 Å². The molecule has 4 nitrogen and oxygen atoms in total. The normalized spacial score (nSPS) is 14.9. The highest BCUT2D eigenvalue weighted by Gasteiger charge is 2.28. The van der Waals surface area contributed by atoms with Crippen molar-refractivity contribution in [1.29, 1.82) is 0 Å². The number of amides is 3. The van der Waals surface area contributed by atoms with E-state index in [1.54, 1.807) is 11.9 Å². The maximum atomic E-state index is 12.1. The van der Waals surface area contributed by atoms with E-state index >= 15 is 0 Å². The molecule has 0 saturated heterocycles. The van der Waals surface area contributed by atoms with Crippen LogP contribution in [-0.4, -0.2) is 41.9 Å². The monoisotopic (exact) mass is 240 g/mol. The molecular formula is C13H24N2O2. The highest BCUT2D eigenvalue weighted by atomic mass is 16.2. The van der Waals surface area contributed by atoms with Gasteiger partial charge in [0.25, 0.3) is 0 Å². The molecule has 0 aromatic carbocycles. The summed E-state index contributed by atoms with van der Waals surface area (Å²) in [5, 5.41) is 0. The van der Waals surface area contributed by atoms with Crippen molar-refractivity contribution >= 4 is 11.9 Å². The van der Waals surface area contributed by atoms with Crippen molar-refractivity contribution in [2.45, 2.75) is 40.0 Å². The molecule has 1 rings (SSSR count). The maximum absolute atomic E-state index is 12.1. The van der Waals surface area contributed by atoms with E-state index in [0.29, 0.717) is 18.4 Å². The summed E-state index contributed by atoms with van der Waals surface area (Å²) < 4.78 is 0. The fourth-order valence-corrected chi connectivity index (χ4v) is 1.75. The first-order valence-corrected chi connectivity index (χ1v) is 6.45. The van der Waals surface area contributed by atoms with Crippen molar-refractivity contribution in [3.05, 3.63) is 0 Å². The molecule has 1 aliphatic carbocycles. The van der Waals surface area contributed by atoms with Gasteiger partial charge in [0.1, 0.15) is 0 Å². The minimum atomic E-state index is -0.154. The molecule has 4 heteroatoms. The van der Waals surface area contributed by atoms with E-state index in [9.17, 15) is 9.59 Å². The van der Waals surface area contributed by atoms with Gasteiger partial charge >= 0.3 is 6.03 Å². The Morgan fingerprint density at radius 2 is 1.88 bits per heavy atom. The minimum Gasteiger partial charge on any atom is -0.327 e. The Kier molecular flexibility index (Phi) is 4.97. The smallest absolute Gasteiger partial charge is 0.326 e. The van der Waals surface area contributed by atoms with Crippen LogP contribution in [0, 0.1) is 11.8 Å². The van der Waals surface area contributed by atoms with E-state index in [2.05, 4.69) is 13.8 Å². The fraction of sp³-hybridized carbons (Fsp3) is 0.846. The van der Waals surface area contributed by atoms with Crippen molar-refractivity contribution in [2.24, 2.45) is 11.8 Å². The van der Waals surface area contributed by atoms with Crippen molar-refractivity contribution in [1.82, 2.24) is 9.80 Å². The summed E-state index contributed by atoms with van der Waals surface area (Å²) in [5.41, 5.74) is 0. The molecule has 0 spiro atoms. The van der Waals surface area contributed by atoms with Gasteiger partial charge in [0.15, 0.2) is 0 Å². The first-order valence-electron chi connectivity index (χ1n) is 6.45. The number of carbonyl (C=O) groups excluding carboxylic acids is 2. The van der Waals surface area contributed by atoms with E-state index in [0.717, 1.165) is 13.0 Å². The molecule has 98 valence electrons. The van der Waals surface area contributed by atoms with E-state index in [1.807, 2.05) is 0 Å². The zero-order chi connectivity index (χ0) is 13.0. The lowest BCUT2D eigenvalue weighted by Gasteiger charge is -2.26. The molecule has 3 amide bonds. The molecule has 0 atom stereocenters. The number of nitrogens with zero attached hydrogens (tertiary/aromatic N) is 2. The molecule has 17 heavy (non-hydrogen) atoms. The number of urea groups is 1. The van der Waals surface area contributed by atoms with Crippen LogP contribution in [-0.2, 0) is 4.79 Å². The van der Waals surface area contributed by atoms with Gasteiger partial charge < -0.3 is 4.90 Å². The van der Waals surface area contributed by atoms with Crippen LogP contribution in [0.15, 0.2) is 0 Å². The van der Waals surface area contributed by atoms with Gasteiger partial charge in [-0.2, -0.15) is 0 Å². The van der Waals surface area contributed by atoms with Gasteiger partial charge in [-0.3, -0.25) is 9.69 Å². The number of hydrogen-bond acceptors (Lipinski definition) is 2. The Bertz CT molecular complexity index is 285. The third-order valence-corrected chi connectivity index (χ3v) is 3.10. The maximum Gasteiger partial charge on any atom is 0.326 e. The van der Waals surface area contributed by atoms with E-state index < -0.39 is 0 Å². The molecule has 0 aromatic rings. The molecule has 0 aromatic heterocycles. The van der Waals surface area contributed by atoms with Crippen LogP contribution in [0.1, 0.15) is 40.0 Å². The van der Waals surface area contributed by atoms with Gasteiger partial charge in [-0.15, -0.1) is 0 Å².